The third-order valence-electron chi connectivity index (χ3n) is 18.3. The lowest BCUT2D eigenvalue weighted by Crippen LogP contribution is -2.43. The minimum absolute atomic E-state index is 0. The van der Waals surface area contributed by atoms with Crippen molar-refractivity contribution in [3.63, 3.8) is 0 Å². The molecule has 0 radical (unpaired) electrons. The lowest BCUT2D eigenvalue weighted by Gasteiger charge is -2.31. The fourth-order valence-electron chi connectivity index (χ4n) is 13.0. The van der Waals surface area contributed by atoms with E-state index in [-0.39, 0.29) is 126 Å². The molecule has 6 aromatic rings. The lowest BCUT2D eigenvalue weighted by molar-refractivity contribution is -0.145. The van der Waals surface area contributed by atoms with Gasteiger partial charge in [0, 0.05) is 78.8 Å². The number of likely N-dealkylation sites (tertiary alicyclic amines) is 2. The van der Waals surface area contributed by atoms with Crippen molar-refractivity contribution in [1.82, 2.24) is 24.3 Å². The molecule has 2 aromatic heterocycles. The van der Waals surface area contributed by atoms with Gasteiger partial charge in [-0.25, -0.2) is 31.1 Å². The Hall–Kier alpha value is -8.02. The molecule has 4 aromatic carbocycles. The maximum Gasteiger partial charge on any atom is 0.416 e. The molecule has 0 bridgehead atoms. The smallest absolute Gasteiger partial charge is 0.416 e. The van der Waals surface area contributed by atoms with Crippen molar-refractivity contribution in [1.29, 1.82) is 0 Å². The third kappa shape index (κ3) is 25.0. The number of carbonyl (C=O) groups excluding carboxylic acids is 3. The Morgan fingerprint density at radius 1 is 0.495 bits per heavy atom. The highest BCUT2D eigenvalue weighted by Gasteiger charge is 2.42. The van der Waals surface area contributed by atoms with Gasteiger partial charge in [-0.2, -0.15) is 79.7 Å². The summed E-state index contributed by atoms with van der Waals surface area (Å²) in [5, 5.41) is 11.7. The van der Waals surface area contributed by atoms with Crippen molar-refractivity contribution >= 4 is 50.8 Å². The molecule has 35 heteroatoms. The number of nitrogens with two attached hydrogens (primary N) is 1. The van der Waals surface area contributed by atoms with Gasteiger partial charge in [-0.15, -0.1) is 0 Å². The number of alkyl halides is 14. The molecule has 2 saturated heterocycles. The van der Waals surface area contributed by atoms with Gasteiger partial charge in [0.05, 0.1) is 54.4 Å². The van der Waals surface area contributed by atoms with Crippen molar-refractivity contribution in [2.24, 2.45) is 5.73 Å². The summed E-state index contributed by atoms with van der Waals surface area (Å²) < 4.78 is 265. The van der Waals surface area contributed by atoms with Crippen LogP contribution in [0.25, 0.3) is 22.3 Å². The number of amides is 1. The van der Waals surface area contributed by atoms with Gasteiger partial charge in [0.25, 0.3) is 11.1 Å². The van der Waals surface area contributed by atoms with Gasteiger partial charge in [-0.1, -0.05) is 0 Å². The fraction of sp³-hybridized carbons (Fsp3) is 0.500. The van der Waals surface area contributed by atoms with Crippen LogP contribution in [0.3, 0.4) is 0 Å². The van der Waals surface area contributed by atoms with Crippen molar-refractivity contribution in [3.05, 3.63) is 183 Å². The second-order valence-electron chi connectivity index (χ2n) is 28.2. The summed E-state index contributed by atoms with van der Waals surface area (Å²) in [4.78, 5) is 79.4. The highest BCUT2D eigenvalue weighted by molar-refractivity contribution is 7.59. The number of aryl methyl sites for hydroxylation is 6. The first-order valence-corrected chi connectivity index (χ1v) is 34.6. The maximum absolute atomic E-state index is 16.7. The molecule has 4 N–H and O–H groups in total. The number of ether oxygens (including phenoxy) is 2. The molecular weight excluding hydrogens is 1550 g/mol. The zero-order valence-corrected chi connectivity index (χ0v) is 64.8. The van der Waals surface area contributed by atoms with E-state index in [0.717, 1.165) is 96.4 Å². The molecule has 0 spiro atoms. The number of esters is 2. The van der Waals surface area contributed by atoms with Crippen LogP contribution in [0.5, 0.6) is 0 Å². The zero-order chi connectivity index (χ0) is 82.3. The van der Waals surface area contributed by atoms with E-state index in [4.69, 9.17) is 15.2 Å². The number of carboxylic acid groups (broad SMARTS) is 1. The van der Waals surface area contributed by atoms with Gasteiger partial charge < -0.3 is 44.6 Å². The molecule has 2 unspecified atom stereocenters. The highest BCUT2D eigenvalue weighted by atomic mass is 32.1. The van der Waals surface area contributed by atoms with E-state index in [9.17, 15) is 95.3 Å². The molecule has 4 atom stereocenters. The largest absolute Gasteiger partial charge is 0.480 e. The van der Waals surface area contributed by atoms with Crippen LogP contribution < -0.4 is 22.2 Å². The summed E-state index contributed by atoms with van der Waals surface area (Å²) in [5.74, 6) is -8.92. The van der Waals surface area contributed by atoms with E-state index in [1.165, 1.54) is 54.5 Å². The van der Waals surface area contributed by atoms with Crippen LogP contribution in [0.2, 0.25) is 0 Å². The Morgan fingerprint density at radius 2 is 0.838 bits per heavy atom. The number of aliphatic carboxylic acids is 1. The molecule has 2 aliphatic rings. The summed E-state index contributed by atoms with van der Waals surface area (Å²) in [7, 11) is 0. The number of pyridine rings is 2. The predicted octanol–water partition coefficient (Wildman–Crippen LogP) is 17.1. The molecule has 2 aliphatic heterocycles. The predicted molar refractivity (Wildman–Crippen MR) is 389 cm³/mol. The first kappa shape index (κ1) is 95.4. The van der Waals surface area contributed by atoms with Gasteiger partial charge >= 0.3 is 42.6 Å². The van der Waals surface area contributed by atoms with E-state index in [2.05, 4.69) is 5.32 Å². The van der Waals surface area contributed by atoms with Crippen molar-refractivity contribution in [3.8, 4) is 22.3 Å². The van der Waals surface area contributed by atoms with Gasteiger partial charge in [0.15, 0.2) is 0 Å². The quantitative estimate of drug-likeness (QED) is 0.0363. The van der Waals surface area contributed by atoms with Gasteiger partial charge in [0.2, 0.25) is 5.91 Å². The molecule has 1 amide bonds. The van der Waals surface area contributed by atoms with E-state index < -0.39 is 177 Å². The third-order valence-corrected chi connectivity index (χ3v) is 18.3. The first-order valence-electron chi connectivity index (χ1n) is 34.6. The Morgan fingerprint density at radius 3 is 1.16 bits per heavy atom. The second kappa shape index (κ2) is 38.2. The van der Waals surface area contributed by atoms with Crippen molar-refractivity contribution in [2.75, 3.05) is 52.5 Å². The molecule has 8 rings (SSSR count). The number of hydrogen-bond donors (Lipinski definition) is 3. The second-order valence-corrected chi connectivity index (χ2v) is 28.2. The number of halogens is 18. The number of benzene rings is 4. The Kier molecular flexibility index (Phi) is 32.8. The number of rotatable bonds is 25. The van der Waals surface area contributed by atoms with Gasteiger partial charge in [-0.3, -0.25) is 24.0 Å². The number of aromatic nitrogens is 2. The average molecular weight is 1640 g/mol. The molecule has 616 valence electrons. The number of carbonyl (C=O) groups is 4. The van der Waals surface area contributed by atoms with Crippen LogP contribution in [0, 0.1) is 64.8 Å². The normalized spacial score (nSPS) is 14.7. The molecule has 2 fully saturated rings. The number of nitrogens with zero attached hydrogens (tertiary/aromatic N) is 4. The molecule has 0 saturated carbocycles. The number of carboxylic acids is 1. The van der Waals surface area contributed by atoms with E-state index in [1.807, 2.05) is 9.80 Å². The summed E-state index contributed by atoms with van der Waals surface area (Å²) in [6.45, 7) is 19.0. The van der Waals surface area contributed by atoms with Crippen LogP contribution in [0.15, 0.2) is 70.5 Å². The summed E-state index contributed by atoms with van der Waals surface area (Å²) >= 11 is 0. The van der Waals surface area contributed by atoms with E-state index >= 15 is 17.6 Å². The Labute approximate surface area is 643 Å². The number of nitrogens with one attached hydrogen (secondary N) is 1. The SMILES string of the molecule is CC(C)(F)CC(C(=O)O)n1cc(CCN2CCC2)c(C(F)(F)F)cc1=O.CCOC(=O)C[C@H](N)c1c(F)c(C)cc(-c2c(C)cc(C(F)(F)F)cc2C)c1F.CCOC(=O)C[C@H](NC(=O)C(CC(C)(C)F)n1cc(CCN2CCC2)c(C(F)(F)F)cc1=O)c1c(F)c(C)cc(-c2c(C)cc(C(F)(F)F)cc2C)c1F.S.S. The molecule has 15 nitrogen and oxygen atoms in total. The van der Waals surface area contributed by atoms with Crippen LogP contribution in [0.1, 0.15) is 182 Å². The van der Waals surface area contributed by atoms with Crippen LogP contribution in [-0.2, 0) is 66.2 Å². The summed E-state index contributed by atoms with van der Waals surface area (Å²) in [5.41, 5.74) is -6.67. The summed E-state index contributed by atoms with van der Waals surface area (Å²) in [6.07, 6.45) is -18.1. The lowest BCUT2D eigenvalue weighted by atomic mass is 9.88. The minimum atomic E-state index is -4.94. The number of hydrogen-bond acceptors (Lipinski definition) is 11. The molecule has 4 heterocycles. The van der Waals surface area contributed by atoms with Crippen LogP contribution in [-0.4, -0.2) is 112 Å². The average Bonchev–Trinajstić information content (AvgIpc) is 0.768. The molecular formula is C76H90F18N6O9S2. The van der Waals surface area contributed by atoms with Gasteiger partial charge in [0.1, 0.15) is 46.7 Å². The van der Waals surface area contributed by atoms with E-state index in [0.29, 0.717) is 40.9 Å². The summed E-state index contributed by atoms with van der Waals surface area (Å²) in [6, 6.07) is -0.213. The van der Waals surface area contributed by atoms with Crippen LogP contribution in [0.4, 0.5) is 79.0 Å². The topological polar surface area (TPSA) is 196 Å². The molecule has 111 heavy (non-hydrogen) atoms. The van der Waals surface area contributed by atoms with E-state index in [1.54, 1.807) is 6.92 Å². The zero-order valence-electron chi connectivity index (χ0n) is 62.8. The monoisotopic (exact) mass is 1640 g/mol. The fourth-order valence-corrected chi connectivity index (χ4v) is 13.0. The van der Waals surface area contributed by atoms with Crippen molar-refractivity contribution in [2.45, 2.75) is 195 Å². The van der Waals surface area contributed by atoms with Crippen molar-refractivity contribution < 1.29 is 113 Å². The van der Waals surface area contributed by atoms with Crippen LogP contribution >= 0.6 is 27.0 Å². The minimum Gasteiger partial charge on any atom is -0.480 e. The van der Waals surface area contributed by atoms with Gasteiger partial charge in [-0.05, 0) is 227 Å². The highest BCUT2D eigenvalue weighted by Crippen LogP contribution is 2.43. The Bertz CT molecular complexity index is 4400. The standard InChI is InChI=1S/C38H42F9N3O4.C21H22F5NO2.C17H22F4N2O3.2H2S/c1-7-54-30(52)17-27(32-33(39)22(4)15-25(34(32)40)31-20(2)13-24(14-21(31)3)37(42,43)44)48-35(53)28(18-36(5,6)41)50-19-23(9-12-49-10-8-11-49)26(16-29(50)51)38(45,46)47;1-5-29-16(28)9-15(27)18-19(22)12(4)8-14(20(18)23)17-10(2)6-13(7-11(17)3)21(24,25)26;1-16(2,18)9-13(15(25)26)23-10-11(4-7-22-5-3-6-22)12(8-14(23)24)17(19,20)21;;/h13-16,19,27-28H,7-12,17-18H2,1-6H3,(H,48,53);6-8,15H,5,9,27H2,1-4H3;8,10,13H,3-7,9H2,1-2H3,(H,25,26);2*1H2/t27-,28?;15-;;;/m00.../s1. The maximum atomic E-state index is 16.7. The Balaban J connectivity index is 0.000000384. The first-order chi connectivity index (χ1) is 50.2. The molecule has 0 aliphatic carbocycles.